The lowest BCUT2D eigenvalue weighted by Crippen LogP contribution is -2.50. The molecule has 0 heterocycles. The lowest BCUT2D eigenvalue weighted by molar-refractivity contribution is -0.134. The fourth-order valence-corrected chi connectivity index (χ4v) is 7.16. The predicted octanol–water partition coefficient (Wildman–Crippen LogP) is 2.39. The molecule has 31 heavy (non-hydrogen) atoms. The fourth-order valence-electron chi connectivity index (χ4n) is 6.12. The molecule has 170 valence electrons. The van der Waals surface area contributed by atoms with Crippen LogP contribution in [0.4, 0.5) is 8.78 Å². The summed E-state index contributed by atoms with van der Waals surface area (Å²) in [5.74, 6) is -1.00. The second-order valence-electron chi connectivity index (χ2n) is 9.41. The van der Waals surface area contributed by atoms with Gasteiger partial charge >= 0.3 is 0 Å². The molecule has 3 N–H and O–H groups in total. The normalized spacial score (nSPS) is 29.0. The molecule has 0 aromatic heterocycles. The first-order valence-electron chi connectivity index (χ1n) is 10.7. The number of amides is 2. The van der Waals surface area contributed by atoms with Crippen molar-refractivity contribution in [1.29, 1.82) is 0 Å². The molecule has 0 radical (unpaired) electrons. The molecule has 4 fully saturated rings. The summed E-state index contributed by atoms with van der Waals surface area (Å²) in [4.78, 5) is 23.9. The summed E-state index contributed by atoms with van der Waals surface area (Å²) in [6, 6.07) is 2.23. The van der Waals surface area contributed by atoms with Crippen LogP contribution in [-0.2, 0) is 19.6 Å². The molecule has 7 nitrogen and oxygen atoms in total. The van der Waals surface area contributed by atoms with Gasteiger partial charge in [-0.25, -0.2) is 21.9 Å². The van der Waals surface area contributed by atoms with E-state index in [-0.39, 0.29) is 24.3 Å². The Hall–Kier alpha value is -2.07. The average molecular weight is 456 g/mol. The fraction of sp³-hybridized carbons (Fsp3) is 0.619. The molecule has 10 heteroatoms. The number of rotatable bonds is 7. The quantitative estimate of drug-likeness (QED) is 0.549. The number of nitrogens with one attached hydrogen (secondary N) is 3. The molecule has 0 saturated heterocycles. The van der Waals surface area contributed by atoms with Crippen molar-refractivity contribution in [2.75, 3.05) is 6.54 Å². The summed E-state index contributed by atoms with van der Waals surface area (Å²) in [6.45, 7) is -0.252. The minimum absolute atomic E-state index is 0.0592. The third-order valence-corrected chi connectivity index (χ3v) is 8.35. The first-order chi connectivity index (χ1) is 14.6. The van der Waals surface area contributed by atoms with Gasteiger partial charge in [-0.15, -0.1) is 0 Å². The highest BCUT2D eigenvalue weighted by atomic mass is 32.2. The Morgan fingerprint density at radius 3 is 2.10 bits per heavy atom. The van der Waals surface area contributed by atoms with Crippen molar-refractivity contribution in [3.63, 3.8) is 0 Å². The van der Waals surface area contributed by atoms with E-state index in [1.165, 1.54) is 19.3 Å². The van der Waals surface area contributed by atoms with Gasteiger partial charge in [0.15, 0.2) is 11.6 Å². The summed E-state index contributed by atoms with van der Waals surface area (Å²) >= 11 is 0. The molecular weight excluding hydrogens is 428 g/mol. The number of benzene rings is 1. The maximum absolute atomic E-state index is 13.2. The lowest BCUT2D eigenvalue weighted by Gasteiger charge is -2.56. The third kappa shape index (κ3) is 5.06. The highest BCUT2D eigenvalue weighted by molar-refractivity contribution is 7.89. The van der Waals surface area contributed by atoms with Crippen LogP contribution in [0.1, 0.15) is 51.4 Å². The summed E-state index contributed by atoms with van der Waals surface area (Å²) in [6.07, 6.45) is 7.32. The second kappa shape index (κ2) is 8.46. The highest BCUT2D eigenvalue weighted by Gasteiger charge is 2.51. The van der Waals surface area contributed by atoms with Gasteiger partial charge in [-0.2, -0.15) is 0 Å². The van der Waals surface area contributed by atoms with Gasteiger partial charge in [0.05, 0.1) is 4.90 Å². The zero-order valence-corrected chi connectivity index (χ0v) is 17.9. The Bertz CT molecular complexity index is 948. The molecular formula is C21H27F2N3O4S. The molecule has 4 aliphatic carbocycles. The minimum atomic E-state index is -4.08. The van der Waals surface area contributed by atoms with E-state index >= 15 is 0 Å². The zero-order valence-electron chi connectivity index (χ0n) is 17.1. The van der Waals surface area contributed by atoms with Gasteiger partial charge in [0.1, 0.15) is 0 Å². The van der Waals surface area contributed by atoms with E-state index < -0.39 is 32.5 Å². The maximum atomic E-state index is 13.2. The van der Waals surface area contributed by atoms with Crippen molar-refractivity contribution in [2.45, 2.75) is 56.3 Å². The van der Waals surface area contributed by atoms with Crippen LogP contribution in [0.3, 0.4) is 0 Å². The van der Waals surface area contributed by atoms with E-state index in [1.54, 1.807) is 0 Å². The van der Waals surface area contributed by atoms with Crippen molar-refractivity contribution in [2.24, 2.45) is 23.2 Å². The van der Waals surface area contributed by atoms with E-state index in [1.807, 2.05) is 0 Å². The SMILES string of the molecule is O=C(CCNS(=O)(=O)c1ccc(F)c(F)c1)NNC(=O)CC12CC3CC(CC(C3)C1)C2. The summed E-state index contributed by atoms with van der Waals surface area (Å²) in [5.41, 5.74) is 4.83. The van der Waals surface area contributed by atoms with Gasteiger partial charge in [-0.3, -0.25) is 20.4 Å². The summed E-state index contributed by atoms with van der Waals surface area (Å²) in [5, 5.41) is 0. The van der Waals surface area contributed by atoms with E-state index in [4.69, 9.17) is 0 Å². The Balaban J connectivity index is 1.20. The van der Waals surface area contributed by atoms with E-state index in [2.05, 4.69) is 15.6 Å². The van der Waals surface area contributed by atoms with Crippen LogP contribution in [0.25, 0.3) is 0 Å². The van der Waals surface area contributed by atoms with Crippen LogP contribution in [0, 0.1) is 34.8 Å². The average Bonchev–Trinajstić information content (AvgIpc) is 2.67. The van der Waals surface area contributed by atoms with Crippen molar-refractivity contribution >= 4 is 21.8 Å². The topological polar surface area (TPSA) is 104 Å². The third-order valence-electron chi connectivity index (χ3n) is 6.89. The van der Waals surface area contributed by atoms with Gasteiger partial charge in [-0.05, 0) is 79.9 Å². The Morgan fingerprint density at radius 1 is 0.935 bits per heavy atom. The van der Waals surface area contributed by atoms with Crippen LogP contribution in [-0.4, -0.2) is 26.8 Å². The minimum Gasteiger partial charge on any atom is -0.273 e. The molecule has 4 bridgehead atoms. The zero-order chi connectivity index (χ0) is 22.2. The second-order valence-corrected chi connectivity index (χ2v) is 11.2. The standard InChI is InChI=1S/C21H27F2N3O4S/c22-17-2-1-16(8-18(17)23)31(29,30)24-4-3-19(27)25-26-20(28)12-21-9-13-5-14(10-21)7-15(6-13)11-21/h1-2,8,13-15,24H,3-7,9-12H2,(H,25,27)(H,26,28). The Morgan fingerprint density at radius 2 is 1.52 bits per heavy atom. The number of hydrogen-bond acceptors (Lipinski definition) is 4. The molecule has 0 aliphatic heterocycles. The van der Waals surface area contributed by atoms with E-state index in [0.29, 0.717) is 12.5 Å². The molecule has 2 amide bonds. The number of hydrazine groups is 1. The van der Waals surface area contributed by atoms with Crippen LogP contribution < -0.4 is 15.6 Å². The van der Waals surface area contributed by atoms with Gasteiger partial charge in [-0.1, -0.05) is 0 Å². The van der Waals surface area contributed by atoms with Gasteiger partial charge in [0, 0.05) is 19.4 Å². The van der Waals surface area contributed by atoms with E-state index in [0.717, 1.165) is 49.1 Å². The predicted molar refractivity (Wildman–Crippen MR) is 108 cm³/mol. The smallest absolute Gasteiger partial charge is 0.240 e. The van der Waals surface area contributed by atoms with Crippen molar-refractivity contribution < 1.29 is 26.8 Å². The van der Waals surface area contributed by atoms with Crippen LogP contribution in [0.5, 0.6) is 0 Å². The molecule has 1 aromatic rings. The Kier molecular flexibility index (Phi) is 6.04. The van der Waals surface area contributed by atoms with Crippen molar-refractivity contribution in [1.82, 2.24) is 15.6 Å². The summed E-state index contributed by atoms with van der Waals surface area (Å²) in [7, 11) is -4.08. The molecule has 0 unspecified atom stereocenters. The van der Waals surface area contributed by atoms with Crippen LogP contribution in [0.2, 0.25) is 0 Å². The monoisotopic (exact) mass is 455 g/mol. The first kappa shape index (κ1) is 22.1. The number of carbonyl (C=O) groups is 2. The number of hydrogen-bond donors (Lipinski definition) is 3. The van der Waals surface area contributed by atoms with Gasteiger partial charge in [0.25, 0.3) is 0 Å². The van der Waals surface area contributed by atoms with Crippen LogP contribution in [0.15, 0.2) is 23.1 Å². The van der Waals surface area contributed by atoms with E-state index in [9.17, 15) is 26.8 Å². The molecule has 1 aromatic carbocycles. The lowest BCUT2D eigenvalue weighted by atomic mass is 9.49. The number of halogens is 2. The van der Waals surface area contributed by atoms with Crippen molar-refractivity contribution in [3.05, 3.63) is 29.8 Å². The summed E-state index contributed by atoms with van der Waals surface area (Å²) < 4.78 is 52.5. The number of sulfonamides is 1. The highest BCUT2D eigenvalue weighted by Crippen LogP contribution is 2.61. The largest absolute Gasteiger partial charge is 0.273 e. The molecule has 5 rings (SSSR count). The van der Waals surface area contributed by atoms with Gasteiger partial charge in [0.2, 0.25) is 21.8 Å². The Labute approximate surface area is 180 Å². The maximum Gasteiger partial charge on any atom is 0.240 e. The molecule has 4 aliphatic rings. The number of carbonyl (C=O) groups excluding carboxylic acids is 2. The van der Waals surface area contributed by atoms with Gasteiger partial charge < -0.3 is 0 Å². The molecule has 0 atom stereocenters. The van der Waals surface area contributed by atoms with Crippen LogP contribution >= 0.6 is 0 Å². The molecule has 0 spiro atoms. The molecule has 4 saturated carbocycles. The first-order valence-corrected chi connectivity index (χ1v) is 12.1. The van der Waals surface area contributed by atoms with Crippen molar-refractivity contribution in [3.8, 4) is 0 Å².